The monoisotopic (exact) mass is 332 g/mol. The van der Waals surface area contributed by atoms with E-state index in [1.165, 1.54) is 17.7 Å². The molecule has 1 aliphatic heterocycles. The van der Waals surface area contributed by atoms with Gasteiger partial charge in [0.2, 0.25) is 0 Å². The second-order valence-corrected chi connectivity index (χ2v) is 5.17. The molecule has 0 N–H and O–H groups in total. The summed E-state index contributed by atoms with van der Waals surface area (Å²) in [5.74, 6) is -0.324. The maximum atomic E-state index is 12.1. The van der Waals surface area contributed by atoms with Crippen molar-refractivity contribution in [1.29, 1.82) is 0 Å². The number of ether oxygens (including phenoxy) is 2. The number of nitrogens with zero attached hydrogens (tertiary/aromatic N) is 2. The third-order valence-corrected chi connectivity index (χ3v) is 3.29. The number of hydrogen-bond donors (Lipinski definition) is 0. The van der Waals surface area contributed by atoms with Crippen molar-refractivity contribution in [1.82, 2.24) is 9.13 Å². The lowest BCUT2D eigenvalue weighted by Gasteiger charge is -2.26. The highest BCUT2D eigenvalue weighted by atomic mass is 79.9. The highest BCUT2D eigenvalue weighted by Gasteiger charge is 2.21. The zero-order valence-electron chi connectivity index (χ0n) is 10.3. The minimum Gasteiger partial charge on any atom is -0.444 e. The van der Waals surface area contributed by atoms with Crippen LogP contribution in [0.5, 0.6) is 0 Å². The smallest absolute Gasteiger partial charge is 0.333 e. The summed E-state index contributed by atoms with van der Waals surface area (Å²) < 4.78 is 12.3. The molecule has 8 heteroatoms. The Bertz CT molecular complexity index is 602. The molecule has 2 heterocycles. The summed E-state index contributed by atoms with van der Waals surface area (Å²) in [4.78, 5) is 34.8. The van der Waals surface area contributed by atoms with E-state index < -0.39 is 17.2 Å². The number of carbonyl (C=O) groups is 1. The van der Waals surface area contributed by atoms with Gasteiger partial charge in [0.25, 0.3) is 5.56 Å². The van der Waals surface area contributed by atoms with E-state index in [2.05, 4.69) is 15.9 Å². The van der Waals surface area contributed by atoms with Crippen molar-refractivity contribution in [2.24, 2.45) is 5.92 Å². The quantitative estimate of drug-likeness (QED) is 0.722. The van der Waals surface area contributed by atoms with Crippen LogP contribution < -0.4 is 11.2 Å². The standard InChI is InChI=1S/C11H13BrN2O5/c1-7(15)19-6-13-3-9(12)10(16)14(11(13)17)2-8-4-18-5-8/h3,8H,2,4-6H2,1H3. The number of aromatic nitrogens is 2. The van der Waals surface area contributed by atoms with Crippen molar-refractivity contribution in [2.75, 3.05) is 13.2 Å². The van der Waals surface area contributed by atoms with Gasteiger partial charge in [-0.25, -0.2) is 4.79 Å². The fourth-order valence-electron chi connectivity index (χ4n) is 1.68. The van der Waals surface area contributed by atoms with E-state index in [0.29, 0.717) is 19.8 Å². The lowest BCUT2D eigenvalue weighted by atomic mass is 10.1. The summed E-state index contributed by atoms with van der Waals surface area (Å²) in [5, 5.41) is 0. The Morgan fingerprint density at radius 1 is 1.53 bits per heavy atom. The molecule has 0 aromatic carbocycles. The molecular weight excluding hydrogens is 320 g/mol. The molecule has 0 bridgehead atoms. The third kappa shape index (κ3) is 3.13. The topological polar surface area (TPSA) is 79.5 Å². The van der Waals surface area contributed by atoms with E-state index >= 15 is 0 Å². The Morgan fingerprint density at radius 3 is 2.74 bits per heavy atom. The number of esters is 1. The van der Waals surface area contributed by atoms with Crippen LogP contribution in [0.25, 0.3) is 0 Å². The Balaban J connectivity index is 2.32. The Labute approximate surface area is 116 Å². The zero-order valence-corrected chi connectivity index (χ0v) is 11.9. The van der Waals surface area contributed by atoms with E-state index in [0.717, 1.165) is 4.57 Å². The van der Waals surface area contributed by atoms with E-state index in [9.17, 15) is 14.4 Å². The first-order valence-electron chi connectivity index (χ1n) is 5.70. The number of rotatable bonds is 4. The molecule has 0 unspecified atom stereocenters. The van der Waals surface area contributed by atoms with Gasteiger partial charge in [0.15, 0.2) is 6.73 Å². The van der Waals surface area contributed by atoms with Gasteiger partial charge in [-0.1, -0.05) is 0 Å². The second-order valence-electron chi connectivity index (χ2n) is 4.31. The number of carbonyl (C=O) groups excluding carboxylic acids is 1. The van der Waals surface area contributed by atoms with Crippen LogP contribution in [0.15, 0.2) is 20.3 Å². The van der Waals surface area contributed by atoms with E-state index in [4.69, 9.17) is 9.47 Å². The van der Waals surface area contributed by atoms with Crippen LogP contribution >= 0.6 is 15.9 Å². The summed E-state index contributed by atoms with van der Waals surface area (Å²) in [6.45, 7) is 2.43. The maximum Gasteiger partial charge on any atom is 0.333 e. The van der Waals surface area contributed by atoms with Crippen molar-refractivity contribution in [3.8, 4) is 0 Å². The first-order valence-corrected chi connectivity index (χ1v) is 6.49. The van der Waals surface area contributed by atoms with Crippen LogP contribution in [-0.4, -0.2) is 28.3 Å². The lowest BCUT2D eigenvalue weighted by molar-refractivity contribution is -0.144. The predicted octanol–water partition coefficient (Wildman–Crippen LogP) is -0.0605. The van der Waals surface area contributed by atoms with Gasteiger partial charge in [-0.05, 0) is 15.9 Å². The molecule has 1 fully saturated rings. The largest absolute Gasteiger partial charge is 0.444 e. The minimum atomic E-state index is -0.499. The first kappa shape index (κ1) is 14.0. The molecule has 0 atom stereocenters. The maximum absolute atomic E-state index is 12.1. The predicted molar refractivity (Wildman–Crippen MR) is 68.7 cm³/mol. The van der Waals surface area contributed by atoms with Crippen molar-refractivity contribution in [3.63, 3.8) is 0 Å². The normalized spacial score (nSPS) is 15.1. The van der Waals surface area contributed by atoms with Crippen LogP contribution in [0.3, 0.4) is 0 Å². The van der Waals surface area contributed by atoms with E-state index in [1.54, 1.807) is 0 Å². The average molecular weight is 333 g/mol. The van der Waals surface area contributed by atoms with Crippen molar-refractivity contribution < 1.29 is 14.3 Å². The van der Waals surface area contributed by atoms with Gasteiger partial charge in [-0.15, -0.1) is 0 Å². The molecule has 1 aromatic heterocycles. The highest BCUT2D eigenvalue weighted by Crippen LogP contribution is 2.11. The summed E-state index contributed by atoms with van der Waals surface area (Å²) in [5.41, 5.74) is -0.891. The number of halogens is 1. The van der Waals surface area contributed by atoms with E-state index in [-0.39, 0.29) is 17.1 Å². The van der Waals surface area contributed by atoms with Gasteiger partial charge < -0.3 is 9.47 Å². The molecule has 1 saturated heterocycles. The van der Waals surface area contributed by atoms with Gasteiger partial charge in [0.05, 0.1) is 17.7 Å². The summed E-state index contributed by atoms with van der Waals surface area (Å²) in [6.07, 6.45) is 1.32. The average Bonchev–Trinajstić information content (AvgIpc) is 2.29. The molecule has 0 saturated carbocycles. The van der Waals surface area contributed by atoms with Gasteiger partial charge in [0, 0.05) is 25.6 Å². The number of hydrogen-bond acceptors (Lipinski definition) is 5. The third-order valence-electron chi connectivity index (χ3n) is 2.75. The minimum absolute atomic E-state index is 0.168. The Hall–Kier alpha value is -1.41. The SMILES string of the molecule is CC(=O)OCn1cc(Br)c(=O)n(CC2COC2)c1=O. The van der Waals surface area contributed by atoms with Crippen LogP contribution in [-0.2, 0) is 27.5 Å². The molecular formula is C11H13BrN2O5. The fourth-order valence-corrected chi connectivity index (χ4v) is 2.14. The van der Waals surface area contributed by atoms with Crippen molar-refractivity contribution >= 4 is 21.9 Å². The molecule has 2 rings (SSSR count). The zero-order chi connectivity index (χ0) is 14.0. The summed E-state index contributed by atoms with van der Waals surface area (Å²) >= 11 is 3.10. The Kier molecular flexibility index (Phi) is 4.20. The molecule has 19 heavy (non-hydrogen) atoms. The summed E-state index contributed by atoms with van der Waals surface area (Å²) in [6, 6.07) is 0. The lowest BCUT2D eigenvalue weighted by Crippen LogP contribution is -2.44. The molecule has 0 aliphatic carbocycles. The van der Waals surface area contributed by atoms with Crippen molar-refractivity contribution in [2.45, 2.75) is 20.2 Å². The Morgan fingerprint density at radius 2 is 2.21 bits per heavy atom. The molecule has 1 aliphatic rings. The molecule has 0 spiro atoms. The molecule has 104 valence electrons. The van der Waals surface area contributed by atoms with Crippen LogP contribution in [0.2, 0.25) is 0 Å². The molecule has 0 radical (unpaired) electrons. The van der Waals surface area contributed by atoms with Crippen LogP contribution in [0, 0.1) is 5.92 Å². The van der Waals surface area contributed by atoms with Gasteiger partial charge in [-0.2, -0.15) is 0 Å². The second kappa shape index (κ2) is 5.70. The van der Waals surface area contributed by atoms with E-state index in [1.807, 2.05) is 0 Å². The molecule has 1 aromatic rings. The fraction of sp³-hybridized carbons (Fsp3) is 0.545. The van der Waals surface area contributed by atoms with Gasteiger partial charge in [-0.3, -0.25) is 18.7 Å². The van der Waals surface area contributed by atoms with Crippen LogP contribution in [0.1, 0.15) is 6.92 Å². The van der Waals surface area contributed by atoms with Gasteiger partial charge in [0.1, 0.15) is 0 Å². The molecule has 7 nitrogen and oxygen atoms in total. The highest BCUT2D eigenvalue weighted by molar-refractivity contribution is 9.10. The molecule has 0 amide bonds. The first-order chi connectivity index (χ1) is 8.99. The van der Waals surface area contributed by atoms with Crippen molar-refractivity contribution in [3.05, 3.63) is 31.5 Å². The van der Waals surface area contributed by atoms with Crippen LogP contribution in [0.4, 0.5) is 0 Å². The summed E-state index contributed by atoms with van der Waals surface area (Å²) in [7, 11) is 0. The van der Waals surface area contributed by atoms with Gasteiger partial charge >= 0.3 is 11.7 Å².